The first-order valence-electron chi connectivity index (χ1n) is 7.36. The lowest BCUT2D eigenvalue weighted by atomic mass is 9.85. The summed E-state index contributed by atoms with van der Waals surface area (Å²) in [6, 6.07) is 2.98. The number of carbonyl (C=O) groups is 1. The van der Waals surface area contributed by atoms with Gasteiger partial charge in [-0.05, 0) is 30.9 Å². The van der Waals surface area contributed by atoms with E-state index in [0.29, 0.717) is 11.6 Å². The Morgan fingerprint density at radius 2 is 2.05 bits per heavy atom. The van der Waals surface area contributed by atoms with Gasteiger partial charge in [0.15, 0.2) is 0 Å². The summed E-state index contributed by atoms with van der Waals surface area (Å²) in [6.45, 7) is 2.19. The molecule has 2 rings (SSSR count). The second kappa shape index (κ2) is 6.33. The number of nitrogen functional groups attached to an aromatic ring is 1. The molecule has 116 valence electrons. The summed E-state index contributed by atoms with van der Waals surface area (Å²) in [5.74, 6) is -0.443. The molecule has 0 aliphatic heterocycles. The zero-order chi connectivity index (χ0) is 15.6. The number of anilines is 2. The molecule has 21 heavy (non-hydrogen) atoms. The number of nitrogens with zero attached hydrogens (tertiary/aromatic N) is 1. The van der Waals surface area contributed by atoms with E-state index in [-0.39, 0.29) is 17.3 Å². The first-order valence-corrected chi connectivity index (χ1v) is 7.36. The number of nitrogens with two attached hydrogens (primary N) is 1. The van der Waals surface area contributed by atoms with Gasteiger partial charge in [-0.3, -0.25) is 0 Å². The first-order chi connectivity index (χ1) is 9.95. The minimum absolute atomic E-state index is 0.105. The van der Waals surface area contributed by atoms with Crippen molar-refractivity contribution in [3.63, 3.8) is 0 Å². The normalized spacial score (nSPS) is 21.9. The molecule has 0 saturated heterocycles. The maximum Gasteiger partial charge on any atom is 0.340 e. The molecule has 2 atom stereocenters. The molecule has 0 heterocycles. The molecule has 1 saturated carbocycles. The van der Waals surface area contributed by atoms with Crippen molar-refractivity contribution in [3.8, 4) is 0 Å². The van der Waals surface area contributed by atoms with Crippen molar-refractivity contribution in [2.45, 2.75) is 38.6 Å². The molecule has 1 aromatic rings. The second-order valence-corrected chi connectivity index (χ2v) is 5.82. The summed E-state index contributed by atoms with van der Waals surface area (Å²) in [7, 11) is 3.17. The van der Waals surface area contributed by atoms with Crippen LogP contribution in [0.3, 0.4) is 0 Å². The number of halogens is 1. The number of rotatable bonds is 3. The molecule has 0 radical (unpaired) electrons. The first kappa shape index (κ1) is 15.6. The highest BCUT2D eigenvalue weighted by Crippen LogP contribution is 2.33. The standard InChI is InChI=1S/C16H23FN2O2/c1-10-6-4-5-7-14(10)19(2)15-8-11(16(20)21-3)13(18)9-12(15)17/h8-10,14H,4-7,18H2,1-3H3. The summed E-state index contributed by atoms with van der Waals surface area (Å²) in [5, 5.41) is 0. The van der Waals surface area contributed by atoms with Crippen LogP contribution in [0.5, 0.6) is 0 Å². The van der Waals surface area contributed by atoms with Gasteiger partial charge >= 0.3 is 5.97 Å². The van der Waals surface area contributed by atoms with Gasteiger partial charge in [0.25, 0.3) is 0 Å². The number of carbonyl (C=O) groups excluding carboxylic acids is 1. The maximum absolute atomic E-state index is 14.3. The highest BCUT2D eigenvalue weighted by molar-refractivity contribution is 5.96. The predicted octanol–water partition coefficient (Wildman–Crippen LogP) is 3.21. The molecule has 0 spiro atoms. The zero-order valence-corrected chi connectivity index (χ0v) is 12.9. The van der Waals surface area contributed by atoms with E-state index in [1.807, 2.05) is 11.9 Å². The molecule has 2 N–H and O–H groups in total. The fourth-order valence-electron chi connectivity index (χ4n) is 3.18. The summed E-state index contributed by atoms with van der Waals surface area (Å²) >= 11 is 0. The van der Waals surface area contributed by atoms with Crippen LogP contribution in [0.1, 0.15) is 43.0 Å². The Kier molecular flexibility index (Phi) is 4.70. The molecule has 5 heteroatoms. The van der Waals surface area contributed by atoms with Crippen LogP contribution in [0.15, 0.2) is 12.1 Å². The quantitative estimate of drug-likeness (QED) is 0.687. The third-order valence-corrected chi connectivity index (χ3v) is 4.47. The molecule has 0 aromatic heterocycles. The number of hydrogen-bond acceptors (Lipinski definition) is 4. The lowest BCUT2D eigenvalue weighted by Crippen LogP contribution is -2.39. The molecule has 1 aliphatic carbocycles. The van der Waals surface area contributed by atoms with Crippen molar-refractivity contribution >= 4 is 17.3 Å². The van der Waals surface area contributed by atoms with E-state index in [4.69, 9.17) is 10.5 Å². The van der Waals surface area contributed by atoms with E-state index < -0.39 is 11.8 Å². The molecule has 1 aliphatic rings. The van der Waals surface area contributed by atoms with E-state index >= 15 is 0 Å². The molecule has 1 aromatic carbocycles. The van der Waals surface area contributed by atoms with Crippen LogP contribution in [0.4, 0.5) is 15.8 Å². The Hall–Kier alpha value is -1.78. The highest BCUT2D eigenvalue weighted by Gasteiger charge is 2.27. The van der Waals surface area contributed by atoms with Gasteiger partial charge in [-0.2, -0.15) is 0 Å². The average molecular weight is 294 g/mol. The Labute approximate surface area is 125 Å². The third-order valence-electron chi connectivity index (χ3n) is 4.47. The van der Waals surface area contributed by atoms with Gasteiger partial charge in [0.1, 0.15) is 5.82 Å². The van der Waals surface area contributed by atoms with E-state index in [0.717, 1.165) is 19.3 Å². The van der Waals surface area contributed by atoms with Crippen molar-refractivity contribution in [1.29, 1.82) is 0 Å². The van der Waals surface area contributed by atoms with Gasteiger partial charge in [-0.1, -0.05) is 19.8 Å². The second-order valence-electron chi connectivity index (χ2n) is 5.82. The largest absolute Gasteiger partial charge is 0.465 e. The smallest absolute Gasteiger partial charge is 0.340 e. The number of esters is 1. The molecule has 1 fully saturated rings. The van der Waals surface area contributed by atoms with Gasteiger partial charge in [-0.15, -0.1) is 0 Å². The summed E-state index contributed by atoms with van der Waals surface area (Å²) in [6.07, 6.45) is 4.56. The van der Waals surface area contributed by atoms with Gasteiger partial charge in [0, 0.05) is 18.8 Å². The minimum atomic E-state index is -0.543. The van der Waals surface area contributed by atoms with Crippen LogP contribution < -0.4 is 10.6 Å². The van der Waals surface area contributed by atoms with E-state index in [2.05, 4.69) is 6.92 Å². The van der Waals surface area contributed by atoms with E-state index in [1.165, 1.54) is 25.7 Å². The number of benzene rings is 1. The maximum atomic E-state index is 14.3. The monoisotopic (exact) mass is 294 g/mol. The Balaban J connectivity index is 2.35. The minimum Gasteiger partial charge on any atom is -0.465 e. The van der Waals surface area contributed by atoms with Crippen LogP contribution in [0.2, 0.25) is 0 Å². The fourth-order valence-corrected chi connectivity index (χ4v) is 3.18. The molecular weight excluding hydrogens is 271 g/mol. The number of hydrogen-bond donors (Lipinski definition) is 1. The average Bonchev–Trinajstić information content (AvgIpc) is 2.46. The molecule has 0 bridgehead atoms. The molecule has 4 nitrogen and oxygen atoms in total. The van der Waals surface area contributed by atoms with Gasteiger partial charge in [0.05, 0.1) is 18.4 Å². The van der Waals surface area contributed by atoms with E-state index in [9.17, 15) is 9.18 Å². The predicted molar refractivity (Wildman–Crippen MR) is 82.0 cm³/mol. The van der Waals surface area contributed by atoms with Crippen molar-refractivity contribution in [2.24, 2.45) is 5.92 Å². The van der Waals surface area contributed by atoms with Crippen molar-refractivity contribution in [3.05, 3.63) is 23.5 Å². The lowest BCUT2D eigenvalue weighted by Gasteiger charge is -2.38. The van der Waals surface area contributed by atoms with Crippen LogP contribution in [0.25, 0.3) is 0 Å². The van der Waals surface area contributed by atoms with Crippen molar-refractivity contribution < 1.29 is 13.9 Å². The highest BCUT2D eigenvalue weighted by atomic mass is 19.1. The van der Waals surface area contributed by atoms with Crippen molar-refractivity contribution in [2.75, 3.05) is 24.8 Å². The van der Waals surface area contributed by atoms with E-state index in [1.54, 1.807) is 0 Å². The van der Waals surface area contributed by atoms with Gasteiger partial charge in [-0.25, -0.2) is 9.18 Å². The van der Waals surface area contributed by atoms with Gasteiger partial charge < -0.3 is 15.4 Å². The van der Waals surface area contributed by atoms with Crippen LogP contribution >= 0.6 is 0 Å². The SMILES string of the molecule is COC(=O)c1cc(N(C)C2CCCCC2C)c(F)cc1N. The Bertz CT molecular complexity index is 533. The molecule has 0 amide bonds. The Morgan fingerprint density at radius 1 is 1.38 bits per heavy atom. The summed E-state index contributed by atoms with van der Waals surface area (Å²) in [4.78, 5) is 13.7. The Morgan fingerprint density at radius 3 is 2.67 bits per heavy atom. The number of methoxy groups -OCH3 is 1. The van der Waals surface area contributed by atoms with Crippen LogP contribution in [0, 0.1) is 11.7 Å². The third kappa shape index (κ3) is 3.12. The van der Waals surface area contributed by atoms with Crippen LogP contribution in [-0.2, 0) is 4.74 Å². The zero-order valence-electron chi connectivity index (χ0n) is 12.9. The molecule has 2 unspecified atom stereocenters. The topological polar surface area (TPSA) is 55.6 Å². The molecular formula is C16H23FN2O2. The fraction of sp³-hybridized carbons (Fsp3) is 0.562. The summed E-state index contributed by atoms with van der Waals surface area (Å²) in [5.41, 5.74) is 6.44. The lowest BCUT2D eigenvalue weighted by molar-refractivity contribution is 0.0602. The summed E-state index contributed by atoms with van der Waals surface area (Å²) < 4.78 is 19.0. The van der Waals surface area contributed by atoms with Crippen LogP contribution in [-0.4, -0.2) is 26.2 Å². The van der Waals surface area contributed by atoms with Gasteiger partial charge in [0.2, 0.25) is 0 Å². The van der Waals surface area contributed by atoms with Crippen molar-refractivity contribution in [1.82, 2.24) is 0 Å². The number of ether oxygens (including phenoxy) is 1.